The van der Waals surface area contributed by atoms with E-state index in [1.807, 2.05) is 75.5 Å². The van der Waals surface area contributed by atoms with Crippen molar-refractivity contribution in [2.75, 3.05) is 52.4 Å². The SMILES string of the molecule is CC(=O)N1CCC(C(=O)N2CCC(N3CCN(C(=O)c4cc(-c5ccc(Cl)cc5)nc(-c5ccc6[nH]ccc6c5)c4)CC3)CC2)CC1. The van der Waals surface area contributed by atoms with E-state index < -0.39 is 0 Å². The highest BCUT2D eigenvalue weighted by Gasteiger charge is 2.34. The van der Waals surface area contributed by atoms with Crippen LogP contribution < -0.4 is 0 Å². The van der Waals surface area contributed by atoms with Crippen molar-refractivity contribution in [1.82, 2.24) is 29.6 Å². The quantitative estimate of drug-likeness (QED) is 0.305. The highest BCUT2D eigenvalue weighted by atomic mass is 35.5. The number of aromatic nitrogens is 2. The number of pyridine rings is 1. The topological polar surface area (TPSA) is 92.9 Å². The van der Waals surface area contributed by atoms with Crippen molar-refractivity contribution >= 4 is 40.2 Å². The normalized spacial score (nSPS) is 18.6. The molecule has 0 unspecified atom stereocenters. The largest absolute Gasteiger partial charge is 0.361 e. The summed E-state index contributed by atoms with van der Waals surface area (Å²) in [6.07, 6.45) is 5.35. The number of aromatic amines is 1. The predicted molar refractivity (Wildman–Crippen MR) is 184 cm³/mol. The lowest BCUT2D eigenvalue weighted by Crippen LogP contribution is -2.55. The molecular weight excluding hydrogens is 612 g/mol. The number of nitrogens with zero attached hydrogens (tertiary/aromatic N) is 5. The molecule has 0 saturated carbocycles. The maximum absolute atomic E-state index is 14.0. The molecule has 9 nitrogen and oxygen atoms in total. The van der Waals surface area contributed by atoms with Gasteiger partial charge in [-0.1, -0.05) is 29.8 Å². The van der Waals surface area contributed by atoms with Crippen LogP contribution in [0.1, 0.15) is 43.0 Å². The van der Waals surface area contributed by atoms with Gasteiger partial charge in [-0.25, -0.2) is 4.98 Å². The lowest BCUT2D eigenvalue weighted by molar-refractivity contribution is -0.141. The molecule has 0 bridgehead atoms. The summed E-state index contributed by atoms with van der Waals surface area (Å²) in [4.78, 5) is 55.4. The van der Waals surface area contributed by atoms with Crippen LogP contribution in [0.4, 0.5) is 0 Å². The first-order chi connectivity index (χ1) is 22.8. The number of amides is 3. The Balaban J connectivity index is 0.996. The highest BCUT2D eigenvalue weighted by molar-refractivity contribution is 6.30. The van der Waals surface area contributed by atoms with Crippen LogP contribution >= 0.6 is 11.6 Å². The number of hydrogen-bond donors (Lipinski definition) is 1. The molecule has 0 spiro atoms. The number of rotatable bonds is 5. The molecule has 2 aromatic carbocycles. The summed E-state index contributed by atoms with van der Waals surface area (Å²) in [5.74, 6) is 0.395. The van der Waals surface area contributed by atoms with Gasteiger partial charge < -0.3 is 19.7 Å². The average molecular weight is 653 g/mol. The molecule has 3 saturated heterocycles. The number of carbonyl (C=O) groups excluding carboxylic acids is 3. The van der Waals surface area contributed by atoms with Gasteiger partial charge in [0.1, 0.15) is 0 Å². The van der Waals surface area contributed by atoms with E-state index in [1.54, 1.807) is 6.92 Å². The number of likely N-dealkylation sites (tertiary alicyclic amines) is 2. The monoisotopic (exact) mass is 652 g/mol. The summed E-state index contributed by atoms with van der Waals surface area (Å²) in [6.45, 7) is 7.47. The molecular formula is C37H41ClN6O3. The molecule has 5 heterocycles. The van der Waals surface area contributed by atoms with Crippen LogP contribution in [0.5, 0.6) is 0 Å². The van der Waals surface area contributed by atoms with Gasteiger partial charge in [-0.3, -0.25) is 19.3 Å². The van der Waals surface area contributed by atoms with Gasteiger partial charge in [0.15, 0.2) is 0 Å². The molecule has 3 aliphatic rings. The van der Waals surface area contributed by atoms with Crippen molar-refractivity contribution in [2.45, 2.75) is 38.6 Å². The third-order valence-electron chi connectivity index (χ3n) is 10.2. The van der Waals surface area contributed by atoms with E-state index in [2.05, 4.69) is 16.0 Å². The van der Waals surface area contributed by atoms with Crippen molar-refractivity contribution in [3.8, 4) is 22.5 Å². The van der Waals surface area contributed by atoms with Crippen molar-refractivity contribution < 1.29 is 14.4 Å². The zero-order valence-electron chi connectivity index (χ0n) is 26.8. The minimum atomic E-state index is 0.0162. The number of piperidine rings is 2. The molecule has 47 heavy (non-hydrogen) atoms. The molecule has 3 amide bonds. The van der Waals surface area contributed by atoms with Crippen molar-refractivity contribution in [3.63, 3.8) is 0 Å². The number of H-pyrrole nitrogens is 1. The summed E-state index contributed by atoms with van der Waals surface area (Å²) < 4.78 is 0. The maximum Gasteiger partial charge on any atom is 0.254 e. The number of piperazine rings is 1. The Hall–Kier alpha value is -4.21. The summed E-state index contributed by atoms with van der Waals surface area (Å²) in [7, 11) is 0. The van der Waals surface area contributed by atoms with Crippen LogP contribution in [-0.4, -0.2) is 106 Å². The maximum atomic E-state index is 14.0. The van der Waals surface area contributed by atoms with Gasteiger partial charge in [0.2, 0.25) is 11.8 Å². The number of carbonyl (C=O) groups is 3. The van der Waals surface area contributed by atoms with Crippen LogP contribution in [0.15, 0.2) is 66.9 Å². The standard InChI is InChI=1S/C37H41ClN6O3/c1-25(45)41-14-9-27(10-15-41)36(46)43-16-11-32(12-17-43)42-18-20-44(21-19-42)37(47)30-23-34(26-2-5-31(38)6-3-26)40-35(24-30)28-4-7-33-29(22-28)8-13-39-33/h2-8,13,22-24,27,32,39H,9-12,14-21H2,1H3. The number of benzene rings is 2. The minimum absolute atomic E-state index is 0.0162. The van der Waals surface area contributed by atoms with Crippen molar-refractivity contribution in [1.29, 1.82) is 0 Å². The Morgan fingerprint density at radius 3 is 2.04 bits per heavy atom. The van der Waals surface area contributed by atoms with Crippen LogP contribution in [-0.2, 0) is 9.59 Å². The summed E-state index contributed by atoms with van der Waals surface area (Å²) >= 11 is 6.17. The molecule has 0 aliphatic carbocycles. The first-order valence-electron chi connectivity index (χ1n) is 16.8. The smallest absolute Gasteiger partial charge is 0.254 e. The van der Waals surface area contributed by atoms with E-state index in [9.17, 15) is 14.4 Å². The van der Waals surface area contributed by atoms with Gasteiger partial charge in [0.05, 0.1) is 11.4 Å². The fourth-order valence-corrected chi connectivity index (χ4v) is 7.53. The van der Waals surface area contributed by atoms with Crippen LogP contribution in [0.25, 0.3) is 33.4 Å². The number of halogens is 1. The summed E-state index contributed by atoms with van der Waals surface area (Å²) in [5.41, 5.74) is 5.04. The molecule has 1 N–H and O–H groups in total. The fraction of sp³-hybridized carbons (Fsp3) is 0.405. The second kappa shape index (κ2) is 13.5. The van der Waals surface area contributed by atoms with Crippen LogP contribution in [0, 0.1) is 5.92 Å². The third-order valence-corrected chi connectivity index (χ3v) is 10.5. The van der Waals surface area contributed by atoms with E-state index in [0.717, 1.165) is 85.3 Å². The van der Waals surface area contributed by atoms with Gasteiger partial charge in [-0.15, -0.1) is 0 Å². The zero-order chi connectivity index (χ0) is 32.5. The van der Waals surface area contributed by atoms with E-state index in [-0.39, 0.29) is 23.6 Å². The molecule has 0 atom stereocenters. The van der Waals surface area contributed by atoms with E-state index in [0.29, 0.717) is 42.8 Å². The van der Waals surface area contributed by atoms with E-state index in [1.165, 1.54) is 0 Å². The molecule has 244 valence electrons. The van der Waals surface area contributed by atoms with Crippen LogP contribution in [0.2, 0.25) is 5.02 Å². The lowest BCUT2D eigenvalue weighted by Gasteiger charge is -2.43. The van der Waals surface area contributed by atoms with Gasteiger partial charge in [0.25, 0.3) is 5.91 Å². The Morgan fingerprint density at radius 1 is 0.723 bits per heavy atom. The Labute approximate surface area is 280 Å². The van der Waals surface area contributed by atoms with Crippen LogP contribution in [0.3, 0.4) is 0 Å². The highest BCUT2D eigenvalue weighted by Crippen LogP contribution is 2.29. The fourth-order valence-electron chi connectivity index (χ4n) is 7.41. The Morgan fingerprint density at radius 2 is 1.36 bits per heavy atom. The first kappa shape index (κ1) is 31.4. The molecule has 2 aromatic heterocycles. The van der Waals surface area contributed by atoms with Crippen molar-refractivity contribution in [2.24, 2.45) is 5.92 Å². The summed E-state index contributed by atoms with van der Waals surface area (Å²) in [6, 6.07) is 20.0. The van der Waals surface area contributed by atoms with Crippen molar-refractivity contribution in [3.05, 3.63) is 77.4 Å². The molecule has 3 fully saturated rings. The summed E-state index contributed by atoms with van der Waals surface area (Å²) in [5, 5.41) is 1.75. The molecule has 0 radical (unpaired) electrons. The third kappa shape index (κ3) is 6.78. The number of nitrogens with one attached hydrogen (secondary N) is 1. The zero-order valence-corrected chi connectivity index (χ0v) is 27.6. The van der Waals surface area contributed by atoms with Gasteiger partial charge >= 0.3 is 0 Å². The van der Waals surface area contributed by atoms with Gasteiger partial charge in [0, 0.05) is 110 Å². The second-order valence-electron chi connectivity index (χ2n) is 13.1. The first-order valence-corrected chi connectivity index (χ1v) is 17.1. The Kier molecular flexibility index (Phi) is 9.01. The molecule has 4 aromatic rings. The Bertz CT molecular complexity index is 1760. The second-order valence-corrected chi connectivity index (χ2v) is 13.5. The average Bonchev–Trinajstić information content (AvgIpc) is 3.60. The van der Waals surface area contributed by atoms with E-state index >= 15 is 0 Å². The molecule has 10 heteroatoms. The van der Waals surface area contributed by atoms with E-state index in [4.69, 9.17) is 16.6 Å². The molecule has 3 aliphatic heterocycles. The number of hydrogen-bond acceptors (Lipinski definition) is 5. The lowest BCUT2D eigenvalue weighted by atomic mass is 9.93. The minimum Gasteiger partial charge on any atom is -0.361 e. The van der Waals surface area contributed by atoms with Gasteiger partial charge in [-0.05, 0) is 68.1 Å². The van der Waals surface area contributed by atoms with Gasteiger partial charge in [-0.2, -0.15) is 0 Å². The predicted octanol–water partition coefficient (Wildman–Crippen LogP) is 5.56. The number of fused-ring (bicyclic) bond motifs is 1. The molecule has 7 rings (SSSR count).